The lowest BCUT2D eigenvalue weighted by Crippen LogP contribution is -2.43. The SMILES string of the molecule is c1ccc(-c2cc(-c3ccccc3)nc(-c3ccc4c(c3)C3(c5ccccc5-4)c4ccccc4C4(c5ccccc5)c5ccccc5-c5cccc3c54)c2)cc1. The molecule has 0 N–H and O–H groups in total. The van der Waals surface area contributed by atoms with Crippen LogP contribution in [0.1, 0.15) is 44.5 Å². The third-order valence-corrected chi connectivity index (χ3v) is 12.7. The molecule has 12 rings (SSSR count). The molecular weight excluding hydrogens is 675 g/mol. The fourth-order valence-corrected chi connectivity index (χ4v) is 10.6. The van der Waals surface area contributed by atoms with E-state index in [4.69, 9.17) is 4.98 Å². The molecule has 9 aromatic rings. The Morgan fingerprint density at radius 3 is 1.45 bits per heavy atom. The van der Waals surface area contributed by atoms with E-state index in [2.05, 4.69) is 212 Å². The predicted octanol–water partition coefficient (Wildman–Crippen LogP) is 13.1. The largest absolute Gasteiger partial charge is 0.248 e. The van der Waals surface area contributed by atoms with Crippen molar-refractivity contribution in [1.82, 2.24) is 4.98 Å². The number of aromatic nitrogens is 1. The summed E-state index contributed by atoms with van der Waals surface area (Å²) < 4.78 is 0. The Morgan fingerprint density at radius 1 is 0.268 bits per heavy atom. The van der Waals surface area contributed by atoms with Gasteiger partial charge in [0.05, 0.1) is 22.2 Å². The first-order valence-corrected chi connectivity index (χ1v) is 19.5. The molecule has 1 heterocycles. The first-order valence-electron chi connectivity index (χ1n) is 19.5. The zero-order valence-corrected chi connectivity index (χ0v) is 30.7. The molecule has 260 valence electrons. The van der Waals surface area contributed by atoms with Gasteiger partial charge in [-0.05, 0) is 96.1 Å². The maximum atomic E-state index is 5.41. The summed E-state index contributed by atoms with van der Waals surface area (Å²) >= 11 is 0. The van der Waals surface area contributed by atoms with Gasteiger partial charge in [0.25, 0.3) is 0 Å². The molecule has 1 spiro atoms. The second-order valence-electron chi connectivity index (χ2n) is 15.3. The summed E-state index contributed by atoms with van der Waals surface area (Å²) in [6.45, 7) is 0. The van der Waals surface area contributed by atoms with Crippen molar-refractivity contribution in [3.8, 4) is 55.9 Å². The Bertz CT molecular complexity index is 2960. The van der Waals surface area contributed by atoms with E-state index in [0.29, 0.717) is 0 Å². The van der Waals surface area contributed by atoms with Crippen LogP contribution in [0, 0.1) is 0 Å². The van der Waals surface area contributed by atoms with E-state index in [1.807, 2.05) is 0 Å². The summed E-state index contributed by atoms with van der Waals surface area (Å²) in [7, 11) is 0. The van der Waals surface area contributed by atoms with Crippen LogP contribution in [0.3, 0.4) is 0 Å². The highest BCUT2D eigenvalue weighted by atomic mass is 14.7. The lowest BCUT2D eigenvalue weighted by molar-refractivity contribution is 0.636. The standard InChI is InChI=1S/C55H35N/c1-4-17-36(18-5-1)39-34-51(37-19-6-2-7-20-37)56-52(35-39)38-31-32-43-41-23-10-13-27-46(41)55(50(43)33-38)48-29-15-14-28-47(48)54(40-21-8-3-9-22-40)45-26-12-11-24-42(45)44-25-16-30-49(55)53(44)54/h1-35H. The van der Waals surface area contributed by atoms with Gasteiger partial charge in [0.15, 0.2) is 0 Å². The number of benzene rings is 8. The molecule has 2 unspecified atom stereocenters. The number of nitrogens with zero attached hydrogens (tertiary/aromatic N) is 1. The topological polar surface area (TPSA) is 12.9 Å². The predicted molar refractivity (Wildman–Crippen MR) is 229 cm³/mol. The van der Waals surface area contributed by atoms with Crippen LogP contribution in [-0.4, -0.2) is 4.98 Å². The van der Waals surface area contributed by atoms with Crippen LogP contribution in [0.2, 0.25) is 0 Å². The maximum absolute atomic E-state index is 5.41. The third kappa shape index (κ3) is 4.02. The summed E-state index contributed by atoms with van der Waals surface area (Å²) in [6, 6.07) is 78.7. The molecule has 1 heteroatoms. The highest BCUT2D eigenvalue weighted by Crippen LogP contribution is 2.68. The zero-order chi connectivity index (χ0) is 36.8. The monoisotopic (exact) mass is 709 g/mol. The number of rotatable bonds is 4. The molecule has 0 fully saturated rings. The molecule has 1 nitrogen and oxygen atoms in total. The van der Waals surface area contributed by atoms with Gasteiger partial charge in [-0.1, -0.05) is 194 Å². The first-order chi connectivity index (χ1) is 27.8. The molecule has 56 heavy (non-hydrogen) atoms. The Balaban J connectivity index is 1.19. The Kier molecular flexibility index (Phi) is 6.54. The van der Waals surface area contributed by atoms with Crippen LogP contribution in [0.25, 0.3) is 55.9 Å². The summed E-state index contributed by atoms with van der Waals surface area (Å²) in [6.07, 6.45) is 0. The molecule has 1 aromatic heterocycles. The van der Waals surface area contributed by atoms with Crippen molar-refractivity contribution in [1.29, 1.82) is 0 Å². The van der Waals surface area contributed by atoms with Gasteiger partial charge in [-0.3, -0.25) is 0 Å². The van der Waals surface area contributed by atoms with Crippen molar-refractivity contribution in [2.45, 2.75) is 10.8 Å². The van der Waals surface area contributed by atoms with Crippen LogP contribution < -0.4 is 0 Å². The second-order valence-corrected chi connectivity index (χ2v) is 15.3. The van der Waals surface area contributed by atoms with E-state index in [-0.39, 0.29) is 0 Å². The normalized spacial score (nSPS) is 17.8. The van der Waals surface area contributed by atoms with Crippen molar-refractivity contribution in [2.75, 3.05) is 0 Å². The van der Waals surface area contributed by atoms with Crippen LogP contribution in [0.5, 0.6) is 0 Å². The lowest BCUT2D eigenvalue weighted by Gasteiger charge is -2.48. The van der Waals surface area contributed by atoms with Crippen LogP contribution in [0.15, 0.2) is 212 Å². The van der Waals surface area contributed by atoms with Gasteiger partial charge in [-0.25, -0.2) is 4.98 Å². The third-order valence-electron chi connectivity index (χ3n) is 12.7. The summed E-state index contributed by atoms with van der Waals surface area (Å²) in [5.74, 6) is 0. The molecule has 0 saturated carbocycles. The summed E-state index contributed by atoms with van der Waals surface area (Å²) in [4.78, 5) is 5.41. The minimum absolute atomic E-state index is 0.461. The van der Waals surface area contributed by atoms with Crippen LogP contribution >= 0.6 is 0 Å². The molecule has 8 aromatic carbocycles. The van der Waals surface area contributed by atoms with Gasteiger partial charge >= 0.3 is 0 Å². The molecule has 3 aliphatic carbocycles. The van der Waals surface area contributed by atoms with Crippen molar-refractivity contribution < 1.29 is 0 Å². The quantitative estimate of drug-likeness (QED) is 0.177. The van der Waals surface area contributed by atoms with E-state index in [1.54, 1.807) is 0 Å². The minimum atomic E-state index is -0.552. The smallest absolute Gasteiger partial charge is 0.0720 e. The van der Waals surface area contributed by atoms with E-state index < -0.39 is 10.8 Å². The van der Waals surface area contributed by atoms with Crippen molar-refractivity contribution in [3.05, 3.63) is 257 Å². The van der Waals surface area contributed by atoms with Crippen molar-refractivity contribution in [2.24, 2.45) is 0 Å². The molecule has 2 atom stereocenters. The Hall–Kier alpha value is -7.09. The fourth-order valence-electron chi connectivity index (χ4n) is 10.6. The number of hydrogen-bond donors (Lipinski definition) is 0. The van der Waals surface area contributed by atoms with Crippen molar-refractivity contribution >= 4 is 0 Å². The molecular formula is C55H35N. The minimum Gasteiger partial charge on any atom is -0.248 e. The van der Waals surface area contributed by atoms with E-state index in [1.165, 1.54) is 72.3 Å². The van der Waals surface area contributed by atoms with Gasteiger partial charge < -0.3 is 0 Å². The van der Waals surface area contributed by atoms with Gasteiger partial charge in [0.2, 0.25) is 0 Å². The van der Waals surface area contributed by atoms with Crippen LogP contribution in [0.4, 0.5) is 0 Å². The van der Waals surface area contributed by atoms with E-state index in [9.17, 15) is 0 Å². The molecule has 0 aliphatic heterocycles. The average Bonchev–Trinajstić information content (AvgIpc) is 3.75. The van der Waals surface area contributed by atoms with Crippen molar-refractivity contribution in [3.63, 3.8) is 0 Å². The second kappa shape index (κ2) is 11.7. The summed E-state index contributed by atoms with van der Waals surface area (Å²) in [5.41, 5.74) is 21.4. The first kappa shape index (κ1) is 31.3. The molecule has 0 bridgehead atoms. The van der Waals surface area contributed by atoms with E-state index >= 15 is 0 Å². The Morgan fingerprint density at radius 2 is 0.750 bits per heavy atom. The molecule has 3 aliphatic rings. The Labute approximate surface area is 327 Å². The maximum Gasteiger partial charge on any atom is 0.0720 e. The molecule has 0 amide bonds. The van der Waals surface area contributed by atoms with Gasteiger partial charge in [0.1, 0.15) is 0 Å². The number of hydrogen-bond acceptors (Lipinski definition) is 1. The van der Waals surface area contributed by atoms with Gasteiger partial charge in [0, 0.05) is 11.1 Å². The van der Waals surface area contributed by atoms with Gasteiger partial charge in [-0.2, -0.15) is 0 Å². The van der Waals surface area contributed by atoms with Crippen LogP contribution in [-0.2, 0) is 10.8 Å². The summed E-state index contributed by atoms with van der Waals surface area (Å²) in [5, 5.41) is 0. The fraction of sp³-hybridized carbons (Fsp3) is 0.0364. The lowest BCUT2D eigenvalue weighted by atomic mass is 9.52. The zero-order valence-electron chi connectivity index (χ0n) is 30.7. The average molecular weight is 710 g/mol. The number of fused-ring (bicyclic) bond motifs is 12. The molecule has 0 radical (unpaired) electrons. The molecule has 0 saturated heterocycles. The number of pyridine rings is 1. The highest BCUT2D eigenvalue weighted by molar-refractivity contribution is 5.96. The van der Waals surface area contributed by atoms with Gasteiger partial charge in [-0.15, -0.1) is 0 Å². The van der Waals surface area contributed by atoms with E-state index in [0.717, 1.165) is 28.1 Å². The highest BCUT2D eigenvalue weighted by Gasteiger charge is 2.59.